The molecule has 0 heterocycles. The second kappa shape index (κ2) is 8.58. The summed E-state index contributed by atoms with van der Waals surface area (Å²) in [5.74, 6) is 0. The van der Waals surface area contributed by atoms with Gasteiger partial charge in [-0.25, -0.2) is 0 Å². The largest absolute Gasteiger partial charge is 0.385 e. The lowest BCUT2D eigenvalue weighted by atomic mass is 10.2. The van der Waals surface area contributed by atoms with Crippen LogP contribution in [0.2, 0.25) is 0 Å². The molecule has 0 radical (unpaired) electrons. The maximum atomic E-state index is 8.36. The fraction of sp³-hybridized carbons (Fsp3) is 0.500. The zero-order valence-corrected chi connectivity index (χ0v) is 10.1. The number of hydrogen-bond acceptors (Lipinski definition) is 3. The van der Waals surface area contributed by atoms with E-state index < -0.39 is 0 Å². The van der Waals surface area contributed by atoms with Crippen LogP contribution in [-0.4, -0.2) is 31.8 Å². The number of rotatable bonds is 8. The van der Waals surface area contributed by atoms with Crippen molar-refractivity contribution in [2.45, 2.75) is 13.0 Å². The number of ether oxygens (including phenoxy) is 1. The summed E-state index contributed by atoms with van der Waals surface area (Å²) >= 11 is 0. The fourth-order valence-corrected chi connectivity index (χ4v) is 1.59. The van der Waals surface area contributed by atoms with Crippen molar-refractivity contribution in [1.29, 1.82) is 0 Å². The smallest absolute Gasteiger partial charge is 0.0776 e. The Morgan fingerprint density at radius 1 is 1.35 bits per heavy atom. The van der Waals surface area contributed by atoms with Crippen LogP contribution in [0.3, 0.4) is 0 Å². The molecule has 1 aromatic rings. The molecule has 0 aliphatic heterocycles. The van der Waals surface area contributed by atoms with E-state index in [1.165, 1.54) is 5.56 Å². The molecule has 0 bridgehead atoms. The number of nitrogens with zero attached hydrogens (tertiary/aromatic N) is 4. The topological polar surface area (TPSA) is 61.2 Å². The molecule has 0 fully saturated rings. The van der Waals surface area contributed by atoms with Gasteiger partial charge in [0.25, 0.3) is 0 Å². The van der Waals surface area contributed by atoms with Gasteiger partial charge in [-0.3, -0.25) is 4.90 Å². The normalized spacial score (nSPS) is 10.2. The molecule has 17 heavy (non-hydrogen) atoms. The lowest BCUT2D eigenvalue weighted by Crippen LogP contribution is -2.25. The Kier molecular flexibility index (Phi) is 6.82. The molecule has 0 amide bonds. The summed E-state index contributed by atoms with van der Waals surface area (Å²) in [5, 5.41) is 3.61. The Balaban J connectivity index is 2.47. The maximum Gasteiger partial charge on any atom is 0.0776 e. The van der Waals surface area contributed by atoms with Gasteiger partial charge < -0.3 is 4.74 Å². The minimum absolute atomic E-state index is 0.398. The highest BCUT2D eigenvalue weighted by Crippen LogP contribution is 2.05. The molecule has 0 saturated heterocycles. The van der Waals surface area contributed by atoms with E-state index in [9.17, 15) is 0 Å². The minimum atomic E-state index is 0.398. The third-order valence-corrected chi connectivity index (χ3v) is 2.40. The predicted molar refractivity (Wildman–Crippen MR) is 67.4 cm³/mol. The van der Waals surface area contributed by atoms with Gasteiger partial charge >= 0.3 is 0 Å². The van der Waals surface area contributed by atoms with Crippen LogP contribution in [0, 0.1) is 0 Å². The van der Waals surface area contributed by atoms with Gasteiger partial charge in [-0.15, -0.1) is 0 Å². The summed E-state index contributed by atoms with van der Waals surface area (Å²) < 4.78 is 5.02. The standard InChI is InChI=1S/C12H18N4O/c1-17-9-5-8-16(11-14-15-13)10-12-6-3-2-4-7-12/h2-4,6-7H,5,8-11H2,1H3. The molecule has 0 unspecified atom stereocenters. The lowest BCUT2D eigenvalue weighted by Gasteiger charge is -2.19. The summed E-state index contributed by atoms with van der Waals surface area (Å²) in [6.07, 6.45) is 0.935. The molecule has 0 aliphatic rings. The summed E-state index contributed by atoms with van der Waals surface area (Å²) in [6.45, 7) is 2.78. The van der Waals surface area contributed by atoms with Crippen molar-refractivity contribution in [1.82, 2.24) is 4.90 Å². The van der Waals surface area contributed by atoms with Crippen molar-refractivity contribution in [2.75, 3.05) is 26.9 Å². The highest BCUT2D eigenvalue weighted by atomic mass is 16.5. The summed E-state index contributed by atoms with van der Waals surface area (Å²) in [5.41, 5.74) is 9.58. The number of hydrogen-bond donors (Lipinski definition) is 0. The third kappa shape index (κ3) is 5.92. The Hall–Kier alpha value is -1.55. The second-order valence-corrected chi connectivity index (χ2v) is 3.76. The molecule has 0 aromatic heterocycles. The van der Waals surface area contributed by atoms with Crippen LogP contribution in [0.15, 0.2) is 35.4 Å². The first kappa shape index (κ1) is 13.5. The molecular formula is C12H18N4O. The predicted octanol–water partition coefficient (Wildman–Crippen LogP) is 2.79. The van der Waals surface area contributed by atoms with Crippen molar-refractivity contribution >= 4 is 0 Å². The van der Waals surface area contributed by atoms with Crippen LogP contribution in [0.1, 0.15) is 12.0 Å². The second-order valence-electron chi connectivity index (χ2n) is 3.76. The van der Waals surface area contributed by atoms with Crippen molar-refractivity contribution in [3.05, 3.63) is 46.3 Å². The van der Waals surface area contributed by atoms with Gasteiger partial charge in [0.05, 0.1) is 6.67 Å². The van der Waals surface area contributed by atoms with Crippen LogP contribution in [0.25, 0.3) is 10.4 Å². The van der Waals surface area contributed by atoms with Crippen molar-refractivity contribution in [3.63, 3.8) is 0 Å². The average Bonchev–Trinajstić information content (AvgIpc) is 2.37. The molecule has 5 heteroatoms. The van der Waals surface area contributed by atoms with Crippen molar-refractivity contribution < 1.29 is 4.74 Å². The quantitative estimate of drug-likeness (QED) is 0.300. The van der Waals surface area contributed by atoms with Crippen LogP contribution in [0.4, 0.5) is 0 Å². The van der Waals surface area contributed by atoms with Gasteiger partial charge in [0.15, 0.2) is 0 Å². The van der Waals surface area contributed by atoms with Crippen LogP contribution < -0.4 is 0 Å². The monoisotopic (exact) mass is 234 g/mol. The minimum Gasteiger partial charge on any atom is -0.385 e. The van der Waals surface area contributed by atoms with E-state index in [1.807, 2.05) is 18.2 Å². The Morgan fingerprint density at radius 2 is 2.12 bits per heavy atom. The zero-order valence-electron chi connectivity index (χ0n) is 10.1. The molecular weight excluding hydrogens is 216 g/mol. The highest BCUT2D eigenvalue weighted by molar-refractivity contribution is 5.14. The van der Waals surface area contributed by atoms with Crippen molar-refractivity contribution in [2.24, 2.45) is 5.11 Å². The number of benzene rings is 1. The van der Waals surface area contributed by atoms with Crippen LogP contribution in [-0.2, 0) is 11.3 Å². The molecule has 5 nitrogen and oxygen atoms in total. The maximum absolute atomic E-state index is 8.36. The van der Waals surface area contributed by atoms with Gasteiger partial charge in [0.1, 0.15) is 0 Å². The lowest BCUT2D eigenvalue weighted by molar-refractivity contribution is 0.170. The molecule has 0 aliphatic carbocycles. The molecule has 0 spiro atoms. The van der Waals surface area contributed by atoms with E-state index in [2.05, 4.69) is 27.1 Å². The van der Waals surface area contributed by atoms with Crippen LogP contribution >= 0.6 is 0 Å². The van der Waals surface area contributed by atoms with Gasteiger partial charge in [-0.1, -0.05) is 35.4 Å². The van der Waals surface area contributed by atoms with E-state index in [0.29, 0.717) is 6.67 Å². The molecule has 1 aromatic carbocycles. The molecule has 0 N–H and O–H groups in total. The summed E-state index contributed by atoms with van der Waals surface area (Å²) in [7, 11) is 1.69. The van der Waals surface area contributed by atoms with Gasteiger partial charge in [-0.2, -0.15) is 0 Å². The molecule has 0 saturated carbocycles. The van der Waals surface area contributed by atoms with Crippen molar-refractivity contribution in [3.8, 4) is 0 Å². The number of azide groups is 1. The molecule has 92 valence electrons. The first-order valence-corrected chi connectivity index (χ1v) is 5.63. The Morgan fingerprint density at radius 3 is 2.76 bits per heavy atom. The first-order chi connectivity index (χ1) is 8.36. The Labute approximate surface area is 102 Å². The van der Waals surface area contributed by atoms with Gasteiger partial charge in [-0.05, 0) is 17.5 Å². The van der Waals surface area contributed by atoms with Gasteiger partial charge in [0, 0.05) is 31.7 Å². The van der Waals surface area contributed by atoms with E-state index >= 15 is 0 Å². The van der Waals surface area contributed by atoms with E-state index in [-0.39, 0.29) is 0 Å². The van der Waals surface area contributed by atoms with E-state index in [1.54, 1.807) is 7.11 Å². The average molecular weight is 234 g/mol. The SMILES string of the molecule is COCCCN(CN=[N+]=[N-])Cc1ccccc1. The highest BCUT2D eigenvalue weighted by Gasteiger charge is 2.04. The fourth-order valence-electron chi connectivity index (χ4n) is 1.59. The number of methoxy groups -OCH3 is 1. The van der Waals surface area contributed by atoms with Gasteiger partial charge in [0.2, 0.25) is 0 Å². The zero-order chi connectivity index (χ0) is 12.3. The molecule has 1 rings (SSSR count). The molecule has 0 atom stereocenters. The summed E-state index contributed by atoms with van der Waals surface area (Å²) in [4.78, 5) is 4.90. The summed E-state index contributed by atoms with van der Waals surface area (Å²) in [6, 6.07) is 10.2. The van der Waals surface area contributed by atoms with Crippen LogP contribution in [0.5, 0.6) is 0 Å². The Bertz CT molecular complexity index is 349. The third-order valence-electron chi connectivity index (χ3n) is 2.40. The van der Waals surface area contributed by atoms with E-state index in [4.69, 9.17) is 10.3 Å². The van der Waals surface area contributed by atoms with E-state index in [0.717, 1.165) is 26.1 Å². The first-order valence-electron chi connectivity index (χ1n) is 5.63.